The second-order valence-corrected chi connectivity index (χ2v) is 8.87. The highest BCUT2D eigenvalue weighted by molar-refractivity contribution is 5.87. The summed E-state index contributed by atoms with van der Waals surface area (Å²) in [4.78, 5) is 20.7. The summed E-state index contributed by atoms with van der Waals surface area (Å²) in [6, 6.07) is 10.0. The van der Waals surface area contributed by atoms with E-state index < -0.39 is 0 Å². The molecule has 5 rings (SSSR count). The molecule has 4 aromatic rings. The van der Waals surface area contributed by atoms with Crippen molar-refractivity contribution in [2.24, 2.45) is 7.05 Å². The van der Waals surface area contributed by atoms with Crippen molar-refractivity contribution in [1.82, 2.24) is 14.5 Å². The van der Waals surface area contributed by atoms with Gasteiger partial charge in [0.1, 0.15) is 29.0 Å². The monoisotopic (exact) mass is 431 g/mol. The van der Waals surface area contributed by atoms with Gasteiger partial charge in [-0.3, -0.25) is 9.69 Å². The van der Waals surface area contributed by atoms with Crippen molar-refractivity contribution in [3.05, 3.63) is 57.9 Å². The number of aromatic hydroxyl groups is 1. The summed E-state index contributed by atoms with van der Waals surface area (Å²) in [5, 5.41) is 11.5. The number of rotatable bonds is 4. The lowest BCUT2D eigenvalue weighted by Crippen LogP contribution is -2.36. The van der Waals surface area contributed by atoms with Gasteiger partial charge in [0.2, 0.25) is 5.43 Å². The van der Waals surface area contributed by atoms with E-state index in [2.05, 4.69) is 16.8 Å². The SMILES string of the molecule is CCc1cc2c(=O)c(-c3nc4ccccc4n3C)coc2c(CN2CCCCC2C)c1O. The molecule has 3 heterocycles. The second kappa shape index (κ2) is 8.10. The lowest BCUT2D eigenvalue weighted by atomic mass is 9.98. The second-order valence-electron chi connectivity index (χ2n) is 8.87. The Balaban J connectivity index is 1.69. The Hall–Kier alpha value is -3.12. The number of nitrogens with zero attached hydrogens (tertiary/aromatic N) is 3. The van der Waals surface area contributed by atoms with Gasteiger partial charge in [0.15, 0.2) is 0 Å². The zero-order valence-electron chi connectivity index (χ0n) is 18.9. The highest BCUT2D eigenvalue weighted by Gasteiger charge is 2.25. The number of para-hydroxylation sites is 2. The van der Waals surface area contributed by atoms with Crippen LogP contribution in [-0.4, -0.2) is 32.1 Å². The van der Waals surface area contributed by atoms with Crippen LogP contribution >= 0.6 is 0 Å². The number of piperidine rings is 1. The van der Waals surface area contributed by atoms with Gasteiger partial charge in [0.05, 0.1) is 22.0 Å². The number of hydrogen-bond donors (Lipinski definition) is 1. The molecule has 0 spiro atoms. The molecule has 6 heteroatoms. The van der Waals surface area contributed by atoms with Crippen LogP contribution in [0.4, 0.5) is 0 Å². The number of phenolic OH excluding ortho intramolecular Hbond substituents is 1. The van der Waals surface area contributed by atoms with Gasteiger partial charge in [0.25, 0.3) is 0 Å². The molecule has 32 heavy (non-hydrogen) atoms. The molecular formula is C26H29N3O3. The van der Waals surface area contributed by atoms with Crippen molar-refractivity contribution in [3.8, 4) is 17.1 Å². The van der Waals surface area contributed by atoms with Crippen LogP contribution in [0.5, 0.6) is 5.75 Å². The van der Waals surface area contributed by atoms with E-state index in [0.717, 1.165) is 36.0 Å². The number of hydrogen-bond acceptors (Lipinski definition) is 5. The molecule has 0 saturated carbocycles. The first-order chi connectivity index (χ1) is 15.5. The normalized spacial score (nSPS) is 17.4. The maximum atomic E-state index is 13.6. The van der Waals surface area contributed by atoms with Crippen LogP contribution in [0.2, 0.25) is 0 Å². The molecule has 1 aliphatic rings. The van der Waals surface area contributed by atoms with E-state index in [1.807, 2.05) is 42.8 Å². The fourth-order valence-corrected chi connectivity index (χ4v) is 4.94. The Morgan fingerprint density at radius 2 is 2.06 bits per heavy atom. The van der Waals surface area contributed by atoms with Gasteiger partial charge in [-0.1, -0.05) is 25.5 Å². The molecule has 0 radical (unpaired) electrons. The Kier molecular flexibility index (Phi) is 5.25. The minimum absolute atomic E-state index is 0.118. The van der Waals surface area contributed by atoms with Crippen LogP contribution in [0.3, 0.4) is 0 Å². The highest BCUT2D eigenvalue weighted by atomic mass is 16.3. The summed E-state index contributed by atoms with van der Waals surface area (Å²) < 4.78 is 8.00. The Labute approximate surface area is 187 Å². The highest BCUT2D eigenvalue weighted by Crippen LogP contribution is 2.34. The third-order valence-corrected chi connectivity index (χ3v) is 6.92. The molecular weight excluding hydrogens is 402 g/mol. The smallest absolute Gasteiger partial charge is 0.203 e. The predicted octanol–water partition coefficient (Wildman–Crippen LogP) is 4.99. The number of aryl methyl sites for hydroxylation is 2. The molecule has 2 aromatic carbocycles. The van der Waals surface area contributed by atoms with Gasteiger partial charge >= 0.3 is 0 Å². The van der Waals surface area contributed by atoms with Gasteiger partial charge in [0, 0.05) is 19.6 Å². The van der Waals surface area contributed by atoms with Crippen molar-refractivity contribution in [1.29, 1.82) is 0 Å². The Bertz CT molecular complexity index is 1370. The first kappa shape index (κ1) is 20.8. The zero-order valence-corrected chi connectivity index (χ0v) is 18.9. The van der Waals surface area contributed by atoms with E-state index in [4.69, 9.17) is 4.42 Å². The number of imidazole rings is 1. The summed E-state index contributed by atoms with van der Waals surface area (Å²) in [7, 11) is 1.91. The molecule has 2 aromatic heterocycles. The van der Waals surface area contributed by atoms with E-state index >= 15 is 0 Å². The van der Waals surface area contributed by atoms with Crippen LogP contribution in [0.1, 0.15) is 44.2 Å². The van der Waals surface area contributed by atoms with Crippen LogP contribution in [-0.2, 0) is 20.0 Å². The summed E-state index contributed by atoms with van der Waals surface area (Å²) in [5.74, 6) is 0.829. The van der Waals surface area contributed by atoms with Gasteiger partial charge < -0.3 is 14.1 Å². The van der Waals surface area contributed by atoms with Crippen molar-refractivity contribution in [3.63, 3.8) is 0 Å². The van der Waals surface area contributed by atoms with Gasteiger partial charge in [-0.05, 0) is 56.5 Å². The van der Waals surface area contributed by atoms with Crippen molar-refractivity contribution >= 4 is 22.0 Å². The van der Waals surface area contributed by atoms with E-state index in [9.17, 15) is 9.90 Å². The molecule has 1 saturated heterocycles. The number of likely N-dealkylation sites (tertiary alicyclic amines) is 1. The molecule has 1 fully saturated rings. The molecule has 1 unspecified atom stereocenters. The average Bonchev–Trinajstić information content (AvgIpc) is 3.13. The van der Waals surface area contributed by atoms with E-state index in [0.29, 0.717) is 46.9 Å². The molecule has 1 N–H and O–H groups in total. The Morgan fingerprint density at radius 1 is 1.25 bits per heavy atom. The lowest BCUT2D eigenvalue weighted by molar-refractivity contribution is 0.151. The van der Waals surface area contributed by atoms with Crippen LogP contribution in [0.15, 0.2) is 45.8 Å². The molecule has 1 aliphatic heterocycles. The van der Waals surface area contributed by atoms with Gasteiger partial charge in [-0.15, -0.1) is 0 Å². The molecule has 0 bridgehead atoms. The van der Waals surface area contributed by atoms with Gasteiger partial charge in [-0.25, -0.2) is 4.98 Å². The third-order valence-electron chi connectivity index (χ3n) is 6.92. The summed E-state index contributed by atoms with van der Waals surface area (Å²) in [5.41, 5.74) is 4.07. The molecule has 6 nitrogen and oxygen atoms in total. The number of aromatic nitrogens is 2. The van der Waals surface area contributed by atoms with Crippen LogP contribution < -0.4 is 5.43 Å². The minimum atomic E-state index is -0.118. The molecule has 1 atom stereocenters. The third kappa shape index (κ3) is 3.30. The molecule has 0 amide bonds. The number of fused-ring (bicyclic) bond motifs is 2. The molecule has 0 aliphatic carbocycles. The summed E-state index contributed by atoms with van der Waals surface area (Å²) in [6.45, 7) is 5.78. The zero-order chi connectivity index (χ0) is 22.4. The lowest BCUT2D eigenvalue weighted by Gasteiger charge is -2.33. The van der Waals surface area contributed by atoms with E-state index in [1.165, 1.54) is 12.7 Å². The first-order valence-electron chi connectivity index (χ1n) is 11.4. The van der Waals surface area contributed by atoms with Gasteiger partial charge in [-0.2, -0.15) is 0 Å². The van der Waals surface area contributed by atoms with E-state index in [1.54, 1.807) is 6.07 Å². The molecule has 166 valence electrons. The predicted molar refractivity (Wildman–Crippen MR) is 127 cm³/mol. The standard InChI is InChI=1S/C26H29N3O3/c1-4-17-13-18-24(31)20(26-27-21-10-5-6-11-22(21)28(26)3)15-32-25(18)19(23(17)30)14-29-12-8-7-9-16(29)2/h5-6,10-11,13,15-16,30H,4,7-9,12,14H2,1-3H3. The number of phenols is 1. The van der Waals surface area contributed by atoms with Crippen molar-refractivity contribution in [2.75, 3.05) is 6.54 Å². The van der Waals surface area contributed by atoms with Crippen LogP contribution in [0.25, 0.3) is 33.4 Å². The summed E-state index contributed by atoms with van der Waals surface area (Å²) >= 11 is 0. The largest absolute Gasteiger partial charge is 0.507 e. The maximum Gasteiger partial charge on any atom is 0.203 e. The number of benzene rings is 2. The van der Waals surface area contributed by atoms with Crippen molar-refractivity contribution < 1.29 is 9.52 Å². The first-order valence-corrected chi connectivity index (χ1v) is 11.4. The minimum Gasteiger partial charge on any atom is -0.507 e. The fourth-order valence-electron chi connectivity index (χ4n) is 4.94. The van der Waals surface area contributed by atoms with Crippen LogP contribution in [0, 0.1) is 0 Å². The fraction of sp³-hybridized carbons (Fsp3) is 0.385. The topological polar surface area (TPSA) is 71.5 Å². The quantitative estimate of drug-likeness (QED) is 0.493. The summed E-state index contributed by atoms with van der Waals surface area (Å²) in [6.07, 6.45) is 5.67. The Morgan fingerprint density at radius 3 is 2.81 bits per heavy atom. The average molecular weight is 432 g/mol. The van der Waals surface area contributed by atoms with E-state index in [-0.39, 0.29) is 11.2 Å². The maximum absolute atomic E-state index is 13.6. The van der Waals surface area contributed by atoms with Crippen molar-refractivity contribution in [2.45, 2.75) is 52.1 Å².